The third-order valence-corrected chi connectivity index (χ3v) is 3.18. The molecule has 1 aliphatic rings. The van der Waals surface area contributed by atoms with Gasteiger partial charge in [0.2, 0.25) is 5.91 Å². The number of rotatable bonds is 5. The van der Waals surface area contributed by atoms with E-state index in [1.807, 2.05) is 6.92 Å². The zero-order chi connectivity index (χ0) is 13.8. The zero-order valence-corrected chi connectivity index (χ0v) is 12.0. The summed E-state index contributed by atoms with van der Waals surface area (Å²) in [5, 5.41) is 2.83. The number of carbonyl (C=O) groups excluding carboxylic acids is 1. The molecule has 5 nitrogen and oxygen atoms in total. The smallest absolute Gasteiger partial charge is 0.221 e. The van der Waals surface area contributed by atoms with Crippen LogP contribution in [0.25, 0.3) is 0 Å². The van der Waals surface area contributed by atoms with Crippen LogP contribution in [-0.2, 0) is 9.53 Å². The fourth-order valence-corrected chi connectivity index (χ4v) is 2.63. The monoisotopic (exact) mass is 257 g/mol. The normalized spacial score (nSPS) is 25.7. The molecule has 0 aromatic heterocycles. The van der Waals surface area contributed by atoms with Crippen molar-refractivity contribution in [3.8, 4) is 0 Å². The van der Waals surface area contributed by atoms with Gasteiger partial charge in [0, 0.05) is 38.6 Å². The highest BCUT2D eigenvalue weighted by atomic mass is 16.5. The SMILES string of the molecule is CCNC(=O)CC(CN)N1CC(C)OC(C)(C)C1. The first-order valence-corrected chi connectivity index (χ1v) is 6.76. The average molecular weight is 257 g/mol. The van der Waals surface area contributed by atoms with E-state index in [1.54, 1.807) is 0 Å². The van der Waals surface area contributed by atoms with Crippen molar-refractivity contribution >= 4 is 5.91 Å². The van der Waals surface area contributed by atoms with Crippen LogP contribution in [0.1, 0.15) is 34.1 Å². The standard InChI is InChI=1S/C13H27N3O2/c1-5-15-12(17)6-11(7-14)16-8-10(2)18-13(3,4)9-16/h10-11H,5-9,14H2,1-4H3,(H,15,17). The van der Waals surface area contributed by atoms with E-state index >= 15 is 0 Å². The largest absolute Gasteiger partial charge is 0.370 e. The van der Waals surface area contributed by atoms with Crippen molar-refractivity contribution in [2.24, 2.45) is 5.73 Å². The minimum Gasteiger partial charge on any atom is -0.370 e. The molecule has 0 aliphatic carbocycles. The molecule has 1 saturated heterocycles. The van der Waals surface area contributed by atoms with Gasteiger partial charge in [-0.3, -0.25) is 9.69 Å². The minimum atomic E-state index is -0.174. The maximum Gasteiger partial charge on any atom is 0.221 e. The van der Waals surface area contributed by atoms with Crippen LogP contribution >= 0.6 is 0 Å². The first-order valence-electron chi connectivity index (χ1n) is 6.76. The summed E-state index contributed by atoms with van der Waals surface area (Å²) in [6.07, 6.45) is 0.643. The molecule has 3 N–H and O–H groups in total. The van der Waals surface area contributed by atoms with Gasteiger partial charge in [0.15, 0.2) is 0 Å². The van der Waals surface area contributed by atoms with E-state index in [0.29, 0.717) is 19.5 Å². The molecular formula is C13H27N3O2. The number of nitrogens with two attached hydrogens (primary N) is 1. The predicted octanol–water partition coefficient (Wildman–Crippen LogP) is 0.339. The van der Waals surface area contributed by atoms with Crippen molar-refractivity contribution < 1.29 is 9.53 Å². The van der Waals surface area contributed by atoms with E-state index in [2.05, 4.69) is 31.0 Å². The van der Waals surface area contributed by atoms with Crippen LogP contribution in [0.5, 0.6) is 0 Å². The fraction of sp³-hybridized carbons (Fsp3) is 0.923. The number of nitrogens with one attached hydrogen (secondary N) is 1. The van der Waals surface area contributed by atoms with Gasteiger partial charge in [-0.15, -0.1) is 0 Å². The Hall–Kier alpha value is -0.650. The molecule has 1 amide bonds. The van der Waals surface area contributed by atoms with Crippen LogP contribution in [0.4, 0.5) is 0 Å². The van der Waals surface area contributed by atoms with Crippen LogP contribution in [0.15, 0.2) is 0 Å². The van der Waals surface area contributed by atoms with E-state index in [9.17, 15) is 4.79 Å². The summed E-state index contributed by atoms with van der Waals surface area (Å²) >= 11 is 0. The molecular weight excluding hydrogens is 230 g/mol. The van der Waals surface area contributed by atoms with E-state index in [-0.39, 0.29) is 23.7 Å². The van der Waals surface area contributed by atoms with Gasteiger partial charge in [0.05, 0.1) is 11.7 Å². The van der Waals surface area contributed by atoms with E-state index < -0.39 is 0 Å². The van der Waals surface area contributed by atoms with Gasteiger partial charge < -0.3 is 15.8 Å². The molecule has 5 heteroatoms. The van der Waals surface area contributed by atoms with Gasteiger partial charge in [-0.2, -0.15) is 0 Å². The Morgan fingerprint density at radius 3 is 2.78 bits per heavy atom. The third-order valence-electron chi connectivity index (χ3n) is 3.18. The summed E-state index contributed by atoms with van der Waals surface area (Å²) in [5.41, 5.74) is 5.65. The molecule has 0 aromatic rings. The average Bonchev–Trinajstić information content (AvgIpc) is 2.23. The third kappa shape index (κ3) is 4.55. The lowest BCUT2D eigenvalue weighted by Gasteiger charge is -2.44. The second-order valence-electron chi connectivity index (χ2n) is 5.66. The van der Waals surface area contributed by atoms with Gasteiger partial charge >= 0.3 is 0 Å². The van der Waals surface area contributed by atoms with Crippen molar-refractivity contribution in [1.82, 2.24) is 10.2 Å². The molecule has 0 aromatic carbocycles. The zero-order valence-electron chi connectivity index (χ0n) is 12.0. The number of hydrogen-bond acceptors (Lipinski definition) is 4. The van der Waals surface area contributed by atoms with E-state index in [1.165, 1.54) is 0 Å². The lowest BCUT2D eigenvalue weighted by molar-refractivity contribution is -0.141. The molecule has 18 heavy (non-hydrogen) atoms. The van der Waals surface area contributed by atoms with E-state index in [0.717, 1.165) is 13.1 Å². The number of nitrogens with zero attached hydrogens (tertiary/aromatic N) is 1. The van der Waals surface area contributed by atoms with Gasteiger partial charge in [0.1, 0.15) is 0 Å². The molecule has 0 spiro atoms. The first kappa shape index (κ1) is 15.4. The second-order valence-corrected chi connectivity index (χ2v) is 5.66. The molecule has 2 atom stereocenters. The molecule has 0 radical (unpaired) electrons. The molecule has 0 saturated carbocycles. The summed E-state index contributed by atoms with van der Waals surface area (Å²) in [6, 6.07) is 0.0992. The van der Waals surface area contributed by atoms with Gasteiger partial charge in [-0.1, -0.05) is 0 Å². The molecule has 1 heterocycles. The fourth-order valence-electron chi connectivity index (χ4n) is 2.63. The highest BCUT2D eigenvalue weighted by Gasteiger charge is 2.34. The highest BCUT2D eigenvalue weighted by molar-refractivity contribution is 5.76. The van der Waals surface area contributed by atoms with Crippen LogP contribution in [-0.4, -0.2) is 54.7 Å². The van der Waals surface area contributed by atoms with Gasteiger partial charge in [0.25, 0.3) is 0 Å². The maximum atomic E-state index is 11.7. The lowest BCUT2D eigenvalue weighted by atomic mass is 10.0. The maximum absolute atomic E-state index is 11.7. The van der Waals surface area contributed by atoms with Crippen molar-refractivity contribution in [3.05, 3.63) is 0 Å². The van der Waals surface area contributed by atoms with Crippen molar-refractivity contribution in [2.45, 2.75) is 51.9 Å². The Bertz CT molecular complexity index is 281. The Morgan fingerprint density at radius 1 is 1.61 bits per heavy atom. The number of morpholine rings is 1. The van der Waals surface area contributed by atoms with Crippen LogP contribution in [0, 0.1) is 0 Å². The van der Waals surface area contributed by atoms with Gasteiger partial charge in [-0.25, -0.2) is 0 Å². The Morgan fingerprint density at radius 2 is 2.28 bits per heavy atom. The number of amides is 1. The first-order chi connectivity index (χ1) is 8.38. The Labute approximate surface area is 110 Å². The van der Waals surface area contributed by atoms with E-state index in [4.69, 9.17) is 10.5 Å². The molecule has 1 aliphatic heterocycles. The highest BCUT2D eigenvalue weighted by Crippen LogP contribution is 2.23. The summed E-state index contributed by atoms with van der Waals surface area (Å²) < 4.78 is 5.87. The number of hydrogen-bond donors (Lipinski definition) is 2. The summed E-state index contributed by atoms with van der Waals surface area (Å²) in [4.78, 5) is 14.0. The summed E-state index contributed by atoms with van der Waals surface area (Å²) in [6.45, 7) is 11.0. The molecule has 0 bridgehead atoms. The van der Waals surface area contributed by atoms with Crippen molar-refractivity contribution in [3.63, 3.8) is 0 Å². The minimum absolute atomic E-state index is 0.0740. The molecule has 1 fully saturated rings. The second kappa shape index (κ2) is 6.50. The van der Waals surface area contributed by atoms with Crippen LogP contribution in [0.2, 0.25) is 0 Å². The van der Waals surface area contributed by atoms with Crippen LogP contribution < -0.4 is 11.1 Å². The van der Waals surface area contributed by atoms with Crippen molar-refractivity contribution in [2.75, 3.05) is 26.2 Å². The summed E-state index contributed by atoms with van der Waals surface area (Å²) in [7, 11) is 0. The molecule has 1 rings (SSSR count). The Balaban J connectivity index is 2.61. The van der Waals surface area contributed by atoms with Crippen LogP contribution in [0.3, 0.4) is 0 Å². The molecule has 106 valence electrons. The quantitative estimate of drug-likeness (QED) is 0.745. The van der Waals surface area contributed by atoms with Gasteiger partial charge in [-0.05, 0) is 27.7 Å². The van der Waals surface area contributed by atoms with Crippen molar-refractivity contribution in [1.29, 1.82) is 0 Å². The predicted molar refractivity (Wildman–Crippen MR) is 72.3 cm³/mol. The topological polar surface area (TPSA) is 67.6 Å². The molecule has 2 unspecified atom stereocenters. The number of carbonyl (C=O) groups is 1. The lowest BCUT2D eigenvalue weighted by Crippen LogP contribution is -2.57. The Kier molecular flexibility index (Phi) is 5.56. The summed E-state index contributed by atoms with van der Waals surface area (Å²) in [5.74, 6) is 0.0740. The number of ether oxygens (including phenoxy) is 1.